The lowest BCUT2D eigenvalue weighted by Crippen LogP contribution is -2.57. The number of piperazine rings is 1. The zero-order chi connectivity index (χ0) is 20.1. The summed E-state index contributed by atoms with van der Waals surface area (Å²) >= 11 is 0. The smallest absolute Gasteiger partial charge is 0.246 e. The Balaban J connectivity index is 0.00000300. The van der Waals surface area contributed by atoms with E-state index >= 15 is 0 Å². The Bertz CT molecular complexity index is 684. The first-order valence-corrected chi connectivity index (χ1v) is 10.4. The van der Waals surface area contributed by atoms with Crippen molar-refractivity contribution in [2.45, 2.75) is 38.1 Å². The van der Waals surface area contributed by atoms with Gasteiger partial charge < -0.3 is 20.0 Å². The first-order chi connectivity index (χ1) is 13.5. The van der Waals surface area contributed by atoms with E-state index in [1.807, 2.05) is 13.2 Å². The van der Waals surface area contributed by atoms with Crippen LogP contribution in [-0.4, -0.2) is 84.8 Å². The van der Waals surface area contributed by atoms with Gasteiger partial charge in [0.25, 0.3) is 0 Å². The number of nitrogens with one attached hydrogen (secondary N) is 1. The maximum absolute atomic E-state index is 12.7. The lowest BCUT2D eigenvalue weighted by atomic mass is 9.83. The van der Waals surface area contributed by atoms with Gasteiger partial charge in [0.1, 0.15) is 6.54 Å². The minimum absolute atomic E-state index is 0. The first kappa shape index (κ1) is 23.9. The van der Waals surface area contributed by atoms with Crippen LogP contribution in [0.15, 0.2) is 17.4 Å². The number of anilines is 1. The molecule has 0 radical (unpaired) electrons. The van der Waals surface area contributed by atoms with Crippen molar-refractivity contribution >= 4 is 41.5 Å². The van der Waals surface area contributed by atoms with E-state index in [0.29, 0.717) is 19.1 Å². The number of hydrogen-bond acceptors (Lipinski definition) is 4. The highest BCUT2D eigenvalue weighted by atomic mass is 127. The molecule has 164 valence electrons. The number of nitrogens with zero attached hydrogens (tertiary/aromatic N) is 6. The number of aryl methyl sites for hydroxylation is 1. The molecule has 1 atom stereocenters. The number of hydrogen-bond donors (Lipinski definition) is 1. The van der Waals surface area contributed by atoms with E-state index in [0.717, 1.165) is 30.7 Å². The number of guanidine groups is 1. The normalized spacial score (nSPS) is 20.0. The van der Waals surface area contributed by atoms with Crippen molar-refractivity contribution in [3.05, 3.63) is 12.4 Å². The number of likely N-dealkylation sites (N-methyl/N-ethyl adjacent to an activating group) is 1. The van der Waals surface area contributed by atoms with E-state index in [9.17, 15) is 4.79 Å². The molecular formula is C20H36IN7O. The van der Waals surface area contributed by atoms with Crippen molar-refractivity contribution in [3.8, 4) is 0 Å². The summed E-state index contributed by atoms with van der Waals surface area (Å²) in [6.07, 6.45) is 10.3. The van der Waals surface area contributed by atoms with E-state index in [-0.39, 0.29) is 29.9 Å². The largest absolute Gasteiger partial charge is 0.355 e. The molecule has 1 saturated carbocycles. The van der Waals surface area contributed by atoms with Crippen LogP contribution in [0.1, 0.15) is 32.1 Å². The lowest BCUT2D eigenvalue weighted by molar-refractivity contribution is -0.120. The van der Waals surface area contributed by atoms with Gasteiger partial charge in [-0.05, 0) is 32.9 Å². The molecule has 8 nitrogen and oxygen atoms in total. The van der Waals surface area contributed by atoms with Crippen molar-refractivity contribution in [3.63, 3.8) is 0 Å². The fraction of sp³-hybridized carbons (Fsp3) is 0.750. The van der Waals surface area contributed by atoms with Crippen LogP contribution in [0, 0.1) is 5.92 Å². The second-order valence-electron chi connectivity index (χ2n) is 8.20. The molecule has 1 aromatic rings. The quantitative estimate of drug-likeness (QED) is 0.367. The van der Waals surface area contributed by atoms with Crippen molar-refractivity contribution in [1.82, 2.24) is 24.9 Å². The number of halogens is 1. The Morgan fingerprint density at radius 2 is 2.03 bits per heavy atom. The van der Waals surface area contributed by atoms with Crippen LogP contribution < -0.4 is 10.2 Å². The van der Waals surface area contributed by atoms with Crippen LogP contribution in [0.5, 0.6) is 0 Å². The Hall–Kier alpha value is -1.36. The Morgan fingerprint density at radius 1 is 1.31 bits per heavy atom. The average Bonchev–Trinajstić information content (AvgIpc) is 3.11. The van der Waals surface area contributed by atoms with Gasteiger partial charge >= 0.3 is 0 Å². The summed E-state index contributed by atoms with van der Waals surface area (Å²) in [5, 5.41) is 7.72. The highest BCUT2D eigenvalue weighted by Gasteiger charge is 2.29. The van der Waals surface area contributed by atoms with E-state index < -0.39 is 0 Å². The third-order valence-electron chi connectivity index (χ3n) is 6.06. The monoisotopic (exact) mass is 517 g/mol. The third kappa shape index (κ3) is 6.07. The number of aliphatic imine (C=N–C) groups is 1. The van der Waals surface area contributed by atoms with Gasteiger partial charge in [-0.25, -0.2) is 0 Å². The molecule has 1 N–H and O–H groups in total. The number of aromatic nitrogens is 2. The van der Waals surface area contributed by atoms with Gasteiger partial charge in [0, 0.05) is 46.0 Å². The molecule has 1 aromatic heterocycles. The maximum Gasteiger partial charge on any atom is 0.246 e. The van der Waals surface area contributed by atoms with Crippen molar-refractivity contribution < 1.29 is 4.79 Å². The van der Waals surface area contributed by atoms with Crippen LogP contribution in [0.3, 0.4) is 0 Å². The molecule has 3 rings (SSSR count). The Morgan fingerprint density at radius 3 is 2.59 bits per heavy atom. The van der Waals surface area contributed by atoms with Crippen molar-refractivity contribution in [2.24, 2.45) is 18.0 Å². The highest BCUT2D eigenvalue weighted by molar-refractivity contribution is 14.0. The summed E-state index contributed by atoms with van der Waals surface area (Å²) in [4.78, 5) is 23.3. The molecule has 1 amide bonds. The van der Waals surface area contributed by atoms with Gasteiger partial charge in [0.05, 0.1) is 11.9 Å². The number of rotatable bonds is 5. The second-order valence-corrected chi connectivity index (χ2v) is 8.20. The summed E-state index contributed by atoms with van der Waals surface area (Å²) in [7, 11) is 7.99. The van der Waals surface area contributed by atoms with Gasteiger partial charge in [-0.1, -0.05) is 19.3 Å². The number of carbonyl (C=O) groups excluding carboxylic acids is 1. The molecule has 9 heteroatoms. The van der Waals surface area contributed by atoms with Crippen molar-refractivity contribution in [1.29, 1.82) is 0 Å². The number of carbonyl (C=O) groups is 1. The molecule has 0 spiro atoms. The van der Waals surface area contributed by atoms with E-state index in [2.05, 4.69) is 39.3 Å². The molecule has 2 fully saturated rings. The predicted octanol–water partition coefficient (Wildman–Crippen LogP) is 1.77. The standard InChI is InChI=1S/C20H35N7O.HI/c1-21-20(22-13-18(24(2)3)16-8-6-5-7-9-16)26-10-11-27(19(28)15-26)17-12-23-25(4)14-17;/h12,14,16,18H,5-11,13,15H2,1-4H3,(H,21,22);1H. The zero-order valence-electron chi connectivity index (χ0n) is 18.2. The SMILES string of the molecule is CN=C(NCC(C1CCCCC1)N(C)C)N1CCN(c2cnn(C)c2)C(=O)C1.I. The Kier molecular flexibility index (Phi) is 9.19. The Labute approximate surface area is 191 Å². The lowest BCUT2D eigenvalue weighted by Gasteiger charge is -2.38. The summed E-state index contributed by atoms with van der Waals surface area (Å²) in [5.41, 5.74) is 0.861. The molecule has 29 heavy (non-hydrogen) atoms. The third-order valence-corrected chi connectivity index (χ3v) is 6.06. The van der Waals surface area contributed by atoms with Gasteiger partial charge in [-0.3, -0.25) is 14.5 Å². The van der Waals surface area contributed by atoms with Gasteiger partial charge in [0.15, 0.2) is 5.96 Å². The molecule has 0 bridgehead atoms. The minimum Gasteiger partial charge on any atom is -0.355 e. The first-order valence-electron chi connectivity index (χ1n) is 10.4. The molecule has 1 aliphatic carbocycles. The highest BCUT2D eigenvalue weighted by Crippen LogP contribution is 2.28. The molecule has 2 aliphatic rings. The fourth-order valence-electron chi connectivity index (χ4n) is 4.49. The molecule has 2 heterocycles. The topological polar surface area (TPSA) is 69.0 Å². The van der Waals surface area contributed by atoms with Crippen LogP contribution in [0.25, 0.3) is 0 Å². The van der Waals surface area contributed by atoms with E-state index in [1.165, 1.54) is 32.1 Å². The zero-order valence-corrected chi connectivity index (χ0v) is 20.5. The molecule has 0 aromatic carbocycles. The molecular weight excluding hydrogens is 481 g/mol. The average molecular weight is 517 g/mol. The summed E-state index contributed by atoms with van der Waals surface area (Å²) in [5.74, 6) is 1.64. The summed E-state index contributed by atoms with van der Waals surface area (Å²) < 4.78 is 1.72. The summed E-state index contributed by atoms with van der Waals surface area (Å²) in [6, 6.07) is 0.490. The van der Waals surface area contributed by atoms with E-state index in [1.54, 1.807) is 22.8 Å². The van der Waals surface area contributed by atoms with Crippen LogP contribution in [0.4, 0.5) is 5.69 Å². The van der Waals surface area contributed by atoms with Gasteiger partial charge in [-0.15, -0.1) is 24.0 Å². The van der Waals surface area contributed by atoms with Crippen LogP contribution >= 0.6 is 24.0 Å². The molecule has 1 aliphatic heterocycles. The minimum atomic E-state index is 0. The molecule has 1 saturated heterocycles. The van der Waals surface area contributed by atoms with Gasteiger partial charge in [0.2, 0.25) is 5.91 Å². The fourth-order valence-corrected chi connectivity index (χ4v) is 4.49. The van der Waals surface area contributed by atoms with Crippen LogP contribution in [0.2, 0.25) is 0 Å². The van der Waals surface area contributed by atoms with Gasteiger partial charge in [-0.2, -0.15) is 5.10 Å². The van der Waals surface area contributed by atoms with Crippen molar-refractivity contribution in [2.75, 3.05) is 52.2 Å². The second kappa shape index (κ2) is 11.1. The number of amides is 1. The van der Waals surface area contributed by atoms with E-state index in [4.69, 9.17) is 0 Å². The van der Waals surface area contributed by atoms with Crippen LogP contribution in [-0.2, 0) is 11.8 Å². The predicted molar refractivity (Wildman–Crippen MR) is 128 cm³/mol. The summed E-state index contributed by atoms with van der Waals surface area (Å²) in [6.45, 7) is 2.60. The maximum atomic E-state index is 12.7. The molecule has 1 unspecified atom stereocenters.